The lowest BCUT2D eigenvalue weighted by molar-refractivity contribution is -0.137. The van der Waals surface area contributed by atoms with Gasteiger partial charge >= 0.3 is 5.97 Å². The minimum absolute atomic E-state index is 0.225. The molecule has 0 amide bonds. The van der Waals surface area contributed by atoms with Crippen LogP contribution >= 0.6 is 0 Å². The van der Waals surface area contributed by atoms with E-state index in [-0.39, 0.29) is 6.42 Å². The van der Waals surface area contributed by atoms with Crippen LogP contribution in [0, 0.1) is 0 Å². The maximum Gasteiger partial charge on any atom is 0.304 e. The van der Waals surface area contributed by atoms with Crippen molar-refractivity contribution in [3.63, 3.8) is 0 Å². The van der Waals surface area contributed by atoms with Gasteiger partial charge in [-0.25, -0.2) is 9.97 Å². The molecular weight excluding hydrogens is 268 g/mol. The maximum absolute atomic E-state index is 10.6. The summed E-state index contributed by atoms with van der Waals surface area (Å²) in [5.41, 5.74) is 2.56. The largest absolute Gasteiger partial charge is 0.481 e. The fourth-order valence-corrected chi connectivity index (χ4v) is 3.21. The van der Waals surface area contributed by atoms with Crippen LogP contribution in [0.3, 0.4) is 0 Å². The first kappa shape index (κ1) is 14.3. The molecule has 0 bridgehead atoms. The summed E-state index contributed by atoms with van der Waals surface area (Å²) in [5, 5.41) is 8.75. The number of hydrogen-bond acceptors (Lipinski definition) is 5. The molecule has 6 nitrogen and oxygen atoms in total. The lowest BCUT2D eigenvalue weighted by atomic mass is 9.96. The number of aromatic nitrogens is 2. The average Bonchev–Trinajstić information content (AvgIpc) is 2.53. The molecule has 1 aromatic rings. The molecule has 2 aliphatic rings. The Morgan fingerprint density at radius 3 is 2.67 bits per heavy atom. The number of aryl methyl sites for hydroxylation is 1. The fourth-order valence-electron chi connectivity index (χ4n) is 3.21. The number of nitrogens with zero attached hydrogens (tertiary/aromatic N) is 4. The molecule has 3 rings (SSSR count). The molecule has 1 N–H and O–H groups in total. The molecule has 1 fully saturated rings. The fraction of sp³-hybridized carbons (Fsp3) is 0.667. The number of hydrogen-bond donors (Lipinski definition) is 1. The Morgan fingerprint density at radius 2 is 1.90 bits per heavy atom. The van der Waals surface area contributed by atoms with E-state index in [1.165, 1.54) is 24.1 Å². The second-order valence-electron chi connectivity index (χ2n) is 5.80. The van der Waals surface area contributed by atoms with Crippen molar-refractivity contribution in [3.05, 3.63) is 17.6 Å². The molecular formula is C15H22N4O2. The molecule has 1 aliphatic heterocycles. The number of anilines is 1. The first-order valence-electron chi connectivity index (χ1n) is 7.76. The molecule has 0 spiro atoms. The summed E-state index contributed by atoms with van der Waals surface area (Å²) < 4.78 is 0. The Kier molecular flexibility index (Phi) is 4.34. The van der Waals surface area contributed by atoms with Crippen LogP contribution in [0.1, 0.15) is 30.5 Å². The van der Waals surface area contributed by atoms with Gasteiger partial charge in [-0.3, -0.25) is 9.69 Å². The quantitative estimate of drug-likeness (QED) is 0.890. The van der Waals surface area contributed by atoms with Gasteiger partial charge in [0.25, 0.3) is 0 Å². The van der Waals surface area contributed by atoms with Crippen LogP contribution in [-0.2, 0) is 17.6 Å². The highest BCUT2D eigenvalue weighted by Gasteiger charge is 2.23. The zero-order valence-electron chi connectivity index (χ0n) is 12.3. The van der Waals surface area contributed by atoms with E-state index in [1.807, 2.05) is 0 Å². The molecule has 0 aromatic carbocycles. The molecule has 0 saturated carbocycles. The summed E-state index contributed by atoms with van der Waals surface area (Å²) in [6.45, 7) is 4.30. The van der Waals surface area contributed by atoms with E-state index in [0.717, 1.165) is 44.8 Å². The summed E-state index contributed by atoms with van der Waals surface area (Å²) in [7, 11) is 0. The van der Waals surface area contributed by atoms with Gasteiger partial charge in [-0.2, -0.15) is 0 Å². The topological polar surface area (TPSA) is 69.6 Å². The summed E-state index contributed by atoms with van der Waals surface area (Å²) in [6.07, 6.45) is 6.53. The third kappa shape index (κ3) is 3.32. The first-order valence-corrected chi connectivity index (χ1v) is 7.76. The SMILES string of the molecule is O=C(O)CCN1CCN(c2ncnc3c2CCCC3)CC1. The third-order valence-electron chi connectivity index (χ3n) is 4.42. The second-order valence-corrected chi connectivity index (χ2v) is 5.80. The van der Waals surface area contributed by atoms with Crippen molar-refractivity contribution in [3.8, 4) is 0 Å². The van der Waals surface area contributed by atoms with Crippen molar-refractivity contribution in [1.82, 2.24) is 14.9 Å². The number of carbonyl (C=O) groups is 1. The van der Waals surface area contributed by atoms with Crippen LogP contribution in [0.25, 0.3) is 0 Å². The minimum atomic E-state index is -0.720. The molecule has 0 atom stereocenters. The van der Waals surface area contributed by atoms with Crippen LogP contribution in [0.2, 0.25) is 0 Å². The number of fused-ring (bicyclic) bond motifs is 1. The van der Waals surface area contributed by atoms with E-state index >= 15 is 0 Å². The zero-order valence-corrected chi connectivity index (χ0v) is 12.3. The van der Waals surface area contributed by atoms with Gasteiger partial charge < -0.3 is 10.0 Å². The van der Waals surface area contributed by atoms with Crippen LogP contribution in [0.4, 0.5) is 5.82 Å². The van der Waals surface area contributed by atoms with Crippen molar-refractivity contribution < 1.29 is 9.90 Å². The highest BCUT2D eigenvalue weighted by Crippen LogP contribution is 2.27. The predicted octanol–water partition coefficient (Wildman–Crippen LogP) is 0.952. The molecule has 1 saturated heterocycles. The molecule has 0 unspecified atom stereocenters. The minimum Gasteiger partial charge on any atom is -0.481 e. The molecule has 1 aliphatic carbocycles. The monoisotopic (exact) mass is 290 g/mol. The molecule has 6 heteroatoms. The highest BCUT2D eigenvalue weighted by molar-refractivity contribution is 5.66. The Balaban J connectivity index is 1.63. The second kappa shape index (κ2) is 6.39. The van der Waals surface area contributed by atoms with Gasteiger partial charge in [-0.15, -0.1) is 0 Å². The number of piperazine rings is 1. The zero-order chi connectivity index (χ0) is 14.7. The summed E-state index contributed by atoms with van der Waals surface area (Å²) in [6, 6.07) is 0. The maximum atomic E-state index is 10.6. The predicted molar refractivity (Wildman–Crippen MR) is 79.6 cm³/mol. The van der Waals surface area contributed by atoms with E-state index in [1.54, 1.807) is 6.33 Å². The molecule has 2 heterocycles. The van der Waals surface area contributed by atoms with Gasteiger partial charge in [0.15, 0.2) is 0 Å². The van der Waals surface area contributed by atoms with Crippen LogP contribution in [-0.4, -0.2) is 58.7 Å². The van der Waals surface area contributed by atoms with Gasteiger partial charge in [0.1, 0.15) is 12.1 Å². The number of carboxylic acids is 1. The molecule has 1 aromatic heterocycles. The van der Waals surface area contributed by atoms with Crippen molar-refractivity contribution >= 4 is 11.8 Å². The summed E-state index contributed by atoms with van der Waals surface area (Å²) >= 11 is 0. The highest BCUT2D eigenvalue weighted by atomic mass is 16.4. The van der Waals surface area contributed by atoms with Gasteiger partial charge in [0.2, 0.25) is 0 Å². The number of rotatable bonds is 4. The smallest absolute Gasteiger partial charge is 0.304 e. The Morgan fingerprint density at radius 1 is 1.14 bits per heavy atom. The average molecular weight is 290 g/mol. The van der Waals surface area contributed by atoms with Crippen LogP contribution < -0.4 is 4.90 Å². The Bertz CT molecular complexity index is 512. The Labute approximate surface area is 124 Å². The van der Waals surface area contributed by atoms with E-state index < -0.39 is 5.97 Å². The van der Waals surface area contributed by atoms with Gasteiger partial charge in [0, 0.05) is 44.0 Å². The van der Waals surface area contributed by atoms with E-state index in [9.17, 15) is 4.79 Å². The lowest BCUT2D eigenvalue weighted by Gasteiger charge is -2.36. The summed E-state index contributed by atoms with van der Waals surface area (Å²) in [4.78, 5) is 24.1. The third-order valence-corrected chi connectivity index (χ3v) is 4.42. The standard InChI is InChI=1S/C15H22N4O2/c20-14(21)5-6-18-7-9-19(10-8-18)15-12-3-1-2-4-13(12)16-11-17-15/h11H,1-10H2,(H,20,21). The number of aliphatic carboxylic acids is 1. The van der Waals surface area contributed by atoms with Crippen molar-refractivity contribution in [2.45, 2.75) is 32.1 Å². The van der Waals surface area contributed by atoms with E-state index in [0.29, 0.717) is 6.54 Å². The normalized spacial score (nSPS) is 19.3. The van der Waals surface area contributed by atoms with Gasteiger partial charge in [-0.05, 0) is 25.7 Å². The molecule has 114 valence electrons. The molecule has 21 heavy (non-hydrogen) atoms. The van der Waals surface area contributed by atoms with Crippen molar-refractivity contribution in [2.75, 3.05) is 37.6 Å². The Hall–Kier alpha value is -1.69. The summed E-state index contributed by atoms with van der Waals surface area (Å²) in [5.74, 6) is 0.389. The molecule has 0 radical (unpaired) electrons. The number of carboxylic acid groups (broad SMARTS) is 1. The van der Waals surface area contributed by atoms with Crippen molar-refractivity contribution in [2.24, 2.45) is 0 Å². The lowest BCUT2D eigenvalue weighted by Crippen LogP contribution is -2.47. The van der Waals surface area contributed by atoms with Crippen molar-refractivity contribution in [1.29, 1.82) is 0 Å². The van der Waals surface area contributed by atoms with Crippen LogP contribution in [0.5, 0.6) is 0 Å². The van der Waals surface area contributed by atoms with E-state index in [4.69, 9.17) is 5.11 Å². The van der Waals surface area contributed by atoms with Crippen LogP contribution in [0.15, 0.2) is 6.33 Å². The van der Waals surface area contributed by atoms with Gasteiger partial charge in [0.05, 0.1) is 6.42 Å². The van der Waals surface area contributed by atoms with Gasteiger partial charge in [-0.1, -0.05) is 0 Å². The van der Waals surface area contributed by atoms with E-state index in [2.05, 4.69) is 19.8 Å². The first-order chi connectivity index (χ1) is 10.2.